The van der Waals surface area contributed by atoms with Crippen molar-refractivity contribution < 1.29 is 40.5 Å². The molecule has 0 aliphatic heterocycles. The second kappa shape index (κ2) is 9.36. The molecule has 7 N–H and O–H groups in total. The largest absolute Gasteiger partial charge is 0.393 e. The van der Waals surface area contributed by atoms with Crippen LogP contribution in [0.3, 0.4) is 0 Å². The van der Waals surface area contributed by atoms with Crippen LogP contribution in [0.5, 0.6) is 0 Å². The van der Waals surface area contributed by atoms with Crippen molar-refractivity contribution in [1.29, 1.82) is 0 Å². The molecular formula is C29H48O8. The Kier molecular flexibility index (Phi) is 7.36. The number of hydrogen-bond donors (Lipinski definition) is 7. The SMILES string of the molecule is CCC(CC(O)C(C)(O)C1CCC2(O)C3=CC(=O)C4CC(O)C(O)CC4(C)C3CCC12C)C(C)(O)CO. The predicted octanol–water partition coefficient (Wildman–Crippen LogP) is 1.46. The first-order valence-corrected chi connectivity index (χ1v) is 14.1. The molecule has 37 heavy (non-hydrogen) atoms. The summed E-state index contributed by atoms with van der Waals surface area (Å²) in [5.74, 6) is -1.53. The molecule has 0 bridgehead atoms. The van der Waals surface area contributed by atoms with E-state index >= 15 is 0 Å². The van der Waals surface area contributed by atoms with Crippen LogP contribution in [0.4, 0.5) is 0 Å². The molecule has 3 saturated carbocycles. The highest BCUT2D eigenvalue weighted by molar-refractivity contribution is 5.95. The molecule has 12 atom stereocenters. The van der Waals surface area contributed by atoms with Crippen molar-refractivity contribution in [2.75, 3.05) is 6.61 Å². The summed E-state index contributed by atoms with van der Waals surface area (Å²) in [6, 6.07) is 0. The van der Waals surface area contributed by atoms with E-state index in [4.69, 9.17) is 0 Å². The van der Waals surface area contributed by atoms with Crippen LogP contribution in [0.25, 0.3) is 0 Å². The van der Waals surface area contributed by atoms with E-state index in [1.54, 1.807) is 13.0 Å². The average Bonchev–Trinajstić information content (AvgIpc) is 3.11. The Morgan fingerprint density at radius 1 is 1.08 bits per heavy atom. The van der Waals surface area contributed by atoms with E-state index in [2.05, 4.69) is 0 Å². The van der Waals surface area contributed by atoms with Crippen LogP contribution in [0.1, 0.15) is 86.0 Å². The van der Waals surface area contributed by atoms with Crippen molar-refractivity contribution in [3.63, 3.8) is 0 Å². The molecule has 12 unspecified atom stereocenters. The maximum absolute atomic E-state index is 13.3. The molecule has 0 aromatic rings. The fourth-order valence-corrected chi connectivity index (χ4v) is 9.04. The summed E-state index contributed by atoms with van der Waals surface area (Å²) in [4.78, 5) is 13.3. The first kappa shape index (κ1) is 29.1. The summed E-state index contributed by atoms with van der Waals surface area (Å²) >= 11 is 0. The van der Waals surface area contributed by atoms with Crippen molar-refractivity contribution in [2.45, 2.75) is 121 Å². The Labute approximate surface area is 220 Å². The quantitative estimate of drug-likeness (QED) is 0.264. The molecule has 4 rings (SSSR count). The maximum atomic E-state index is 13.3. The van der Waals surface area contributed by atoms with E-state index in [-0.39, 0.29) is 24.5 Å². The minimum absolute atomic E-state index is 0.103. The molecule has 8 heteroatoms. The van der Waals surface area contributed by atoms with Crippen LogP contribution in [-0.2, 0) is 4.79 Å². The van der Waals surface area contributed by atoms with E-state index in [0.717, 1.165) is 0 Å². The molecular weight excluding hydrogens is 476 g/mol. The van der Waals surface area contributed by atoms with Crippen molar-refractivity contribution in [3.05, 3.63) is 11.6 Å². The van der Waals surface area contributed by atoms with Crippen molar-refractivity contribution in [3.8, 4) is 0 Å². The van der Waals surface area contributed by atoms with Gasteiger partial charge in [-0.1, -0.05) is 27.2 Å². The number of allylic oxidation sites excluding steroid dienone is 1. The molecule has 4 aliphatic carbocycles. The number of carbonyl (C=O) groups excluding carboxylic acids is 1. The Morgan fingerprint density at radius 3 is 2.32 bits per heavy atom. The first-order valence-electron chi connectivity index (χ1n) is 14.1. The van der Waals surface area contributed by atoms with E-state index in [0.29, 0.717) is 44.1 Å². The predicted molar refractivity (Wildman–Crippen MR) is 137 cm³/mol. The standard InChI is InChI=1S/C29H48O8/c1-6-16(27(4,35)15-30)11-24(34)28(5,36)23-8-10-29(37)18-12-20(31)19-13-21(32)22(33)14-25(19,2)17(18)7-9-26(23,29)3/h12,16-17,19,21-24,30,32-37H,6-11,13-15H2,1-5H3. The van der Waals surface area contributed by atoms with Gasteiger partial charge in [-0.25, -0.2) is 0 Å². The fraction of sp³-hybridized carbons (Fsp3) is 0.897. The van der Waals surface area contributed by atoms with Crippen LogP contribution >= 0.6 is 0 Å². The molecule has 0 aromatic heterocycles. The molecule has 212 valence electrons. The second-order valence-corrected chi connectivity index (χ2v) is 13.7. The molecule has 4 aliphatic rings. The molecule has 0 aromatic carbocycles. The molecule has 3 fully saturated rings. The van der Waals surface area contributed by atoms with E-state index in [1.807, 2.05) is 20.8 Å². The van der Waals surface area contributed by atoms with Gasteiger partial charge >= 0.3 is 0 Å². The lowest BCUT2D eigenvalue weighted by Crippen LogP contribution is -2.63. The summed E-state index contributed by atoms with van der Waals surface area (Å²) in [5, 5.41) is 76.3. The molecule has 0 amide bonds. The van der Waals surface area contributed by atoms with E-state index < -0.39 is 70.3 Å². The molecule has 0 spiro atoms. The maximum Gasteiger partial charge on any atom is 0.159 e. The summed E-state index contributed by atoms with van der Waals surface area (Å²) < 4.78 is 0. The van der Waals surface area contributed by atoms with Gasteiger partial charge in [-0.15, -0.1) is 0 Å². The Bertz CT molecular complexity index is 929. The third-order valence-electron chi connectivity index (χ3n) is 11.7. The van der Waals surface area contributed by atoms with Crippen LogP contribution < -0.4 is 0 Å². The van der Waals surface area contributed by atoms with Gasteiger partial charge in [-0.2, -0.15) is 0 Å². The number of fused-ring (bicyclic) bond motifs is 5. The van der Waals surface area contributed by atoms with Crippen LogP contribution in [-0.4, -0.2) is 83.3 Å². The third-order valence-corrected chi connectivity index (χ3v) is 11.7. The number of rotatable bonds is 7. The van der Waals surface area contributed by atoms with Crippen molar-refractivity contribution >= 4 is 5.78 Å². The fourth-order valence-electron chi connectivity index (χ4n) is 9.04. The topological polar surface area (TPSA) is 159 Å². The van der Waals surface area contributed by atoms with Crippen LogP contribution in [0, 0.1) is 34.5 Å². The van der Waals surface area contributed by atoms with Gasteiger partial charge in [0.1, 0.15) is 0 Å². The van der Waals surface area contributed by atoms with Crippen molar-refractivity contribution in [1.82, 2.24) is 0 Å². The summed E-state index contributed by atoms with van der Waals surface area (Å²) in [6.45, 7) is 8.50. The summed E-state index contributed by atoms with van der Waals surface area (Å²) in [6.07, 6.45) is 1.76. The van der Waals surface area contributed by atoms with Gasteiger partial charge < -0.3 is 35.7 Å². The van der Waals surface area contributed by atoms with Crippen molar-refractivity contribution in [2.24, 2.45) is 34.5 Å². The highest BCUT2D eigenvalue weighted by Gasteiger charge is 2.69. The lowest BCUT2D eigenvalue weighted by molar-refractivity contribution is -0.181. The highest BCUT2D eigenvalue weighted by Crippen LogP contribution is 2.68. The van der Waals surface area contributed by atoms with Gasteiger partial charge in [0, 0.05) is 11.3 Å². The Balaban J connectivity index is 1.65. The van der Waals surface area contributed by atoms with Gasteiger partial charge in [0.05, 0.1) is 41.7 Å². The van der Waals surface area contributed by atoms with Gasteiger partial charge in [0.15, 0.2) is 5.78 Å². The lowest BCUT2D eigenvalue weighted by atomic mass is 9.45. The summed E-state index contributed by atoms with van der Waals surface area (Å²) in [7, 11) is 0. The van der Waals surface area contributed by atoms with Gasteiger partial charge in [-0.05, 0) is 93.6 Å². The average molecular weight is 525 g/mol. The van der Waals surface area contributed by atoms with Gasteiger partial charge in [-0.3, -0.25) is 4.79 Å². The summed E-state index contributed by atoms with van der Waals surface area (Å²) in [5.41, 5.74) is -4.98. The normalized spacial score (nSPS) is 46.5. The molecule has 0 saturated heterocycles. The minimum atomic E-state index is -1.57. The monoisotopic (exact) mass is 524 g/mol. The van der Waals surface area contributed by atoms with Crippen LogP contribution in [0.15, 0.2) is 11.6 Å². The number of ketones is 1. The second-order valence-electron chi connectivity index (χ2n) is 13.7. The molecule has 0 heterocycles. The van der Waals surface area contributed by atoms with Gasteiger partial charge in [0.25, 0.3) is 0 Å². The highest BCUT2D eigenvalue weighted by atomic mass is 16.3. The number of aliphatic hydroxyl groups excluding tert-OH is 4. The van der Waals surface area contributed by atoms with E-state index in [1.165, 1.54) is 6.92 Å². The zero-order chi connectivity index (χ0) is 27.8. The van der Waals surface area contributed by atoms with E-state index in [9.17, 15) is 40.5 Å². The van der Waals surface area contributed by atoms with Crippen LogP contribution in [0.2, 0.25) is 0 Å². The molecule has 8 nitrogen and oxygen atoms in total. The zero-order valence-corrected chi connectivity index (χ0v) is 23.0. The zero-order valence-electron chi connectivity index (χ0n) is 23.0. The minimum Gasteiger partial charge on any atom is -0.393 e. The first-order chi connectivity index (χ1) is 17.0. The Morgan fingerprint density at radius 2 is 1.73 bits per heavy atom. The number of carbonyl (C=O) groups is 1. The third kappa shape index (κ3) is 4.17. The molecule has 0 radical (unpaired) electrons. The van der Waals surface area contributed by atoms with Gasteiger partial charge in [0.2, 0.25) is 0 Å². The lowest BCUT2D eigenvalue weighted by Gasteiger charge is -2.60. The number of aliphatic hydroxyl groups is 7. The Hall–Kier alpha value is -0.870. The number of hydrogen-bond acceptors (Lipinski definition) is 8. The smallest absolute Gasteiger partial charge is 0.159 e.